The first-order valence-corrected chi connectivity index (χ1v) is 8.78. The van der Waals surface area contributed by atoms with Crippen LogP contribution in [0.25, 0.3) is 0 Å². The first-order valence-electron chi connectivity index (χ1n) is 8.78. The number of phenolic OH excluding ortho intramolecular Hbond substituents is 1. The zero-order chi connectivity index (χ0) is 16.0. The van der Waals surface area contributed by atoms with Crippen LogP contribution in [0, 0.1) is 5.92 Å². The molecule has 124 valence electrons. The number of fused-ring (bicyclic) bond motifs is 1. The van der Waals surface area contributed by atoms with Crippen molar-refractivity contribution in [3.05, 3.63) is 29.3 Å². The molecule has 1 aromatic rings. The maximum absolute atomic E-state index is 13.2. The number of piperidine rings is 1. The molecule has 3 atom stereocenters. The van der Waals surface area contributed by atoms with E-state index in [0.29, 0.717) is 12.5 Å². The van der Waals surface area contributed by atoms with E-state index in [0.717, 1.165) is 43.5 Å². The van der Waals surface area contributed by atoms with Gasteiger partial charge in [-0.3, -0.25) is 9.69 Å². The van der Waals surface area contributed by atoms with Gasteiger partial charge in [-0.25, -0.2) is 0 Å². The number of ketones is 1. The molecule has 1 saturated carbocycles. The lowest BCUT2D eigenvalue weighted by Gasteiger charge is -2.58. The van der Waals surface area contributed by atoms with E-state index in [1.165, 1.54) is 12.8 Å². The van der Waals surface area contributed by atoms with Crippen molar-refractivity contribution in [2.24, 2.45) is 5.92 Å². The number of Topliss-reactive ketones (excluding diaryl/α,β-unsaturated/α-hetero) is 1. The van der Waals surface area contributed by atoms with Crippen LogP contribution in [0.2, 0.25) is 0 Å². The van der Waals surface area contributed by atoms with E-state index >= 15 is 0 Å². The van der Waals surface area contributed by atoms with Crippen molar-refractivity contribution in [1.82, 2.24) is 4.90 Å². The van der Waals surface area contributed by atoms with Gasteiger partial charge < -0.3 is 9.84 Å². The number of likely N-dealkylation sites (tertiary alicyclic amines) is 1. The third-order valence-corrected chi connectivity index (χ3v) is 6.37. The largest absolute Gasteiger partial charge is 0.508 e. The minimum absolute atomic E-state index is 0.00348. The van der Waals surface area contributed by atoms with Gasteiger partial charge in [0.05, 0.1) is 12.6 Å². The van der Waals surface area contributed by atoms with Gasteiger partial charge in [-0.1, -0.05) is 12.8 Å². The number of hydrogen-bond donors (Lipinski definition) is 1. The molecule has 4 nitrogen and oxygen atoms in total. The number of ether oxygens (including phenoxy) is 1. The molecule has 0 unspecified atom stereocenters. The van der Waals surface area contributed by atoms with Crippen molar-refractivity contribution in [1.29, 1.82) is 0 Å². The van der Waals surface area contributed by atoms with E-state index in [1.54, 1.807) is 13.2 Å². The number of benzene rings is 1. The number of carbonyl (C=O) groups is 1. The predicted molar refractivity (Wildman–Crippen MR) is 87.9 cm³/mol. The second-order valence-electron chi connectivity index (χ2n) is 7.33. The highest BCUT2D eigenvalue weighted by molar-refractivity contribution is 6.03. The van der Waals surface area contributed by atoms with Crippen LogP contribution in [0.1, 0.15) is 48.0 Å². The summed E-state index contributed by atoms with van der Waals surface area (Å²) in [6, 6.07) is 5.36. The SMILES string of the molecule is COCCN1CC[C@]23CCCC[C@H]2[C@@H]1C(=O)c1ccc(O)cc13. The van der Waals surface area contributed by atoms with Gasteiger partial charge in [0, 0.05) is 24.6 Å². The zero-order valence-electron chi connectivity index (χ0n) is 13.8. The molecule has 2 aliphatic carbocycles. The van der Waals surface area contributed by atoms with E-state index in [-0.39, 0.29) is 23.0 Å². The summed E-state index contributed by atoms with van der Waals surface area (Å²) in [4.78, 5) is 15.5. The van der Waals surface area contributed by atoms with Crippen molar-refractivity contribution in [2.75, 3.05) is 26.8 Å². The van der Waals surface area contributed by atoms with Crippen LogP contribution in [0.3, 0.4) is 0 Å². The zero-order valence-corrected chi connectivity index (χ0v) is 13.8. The van der Waals surface area contributed by atoms with E-state index < -0.39 is 0 Å². The molecule has 1 heterocycles. The summed E-state index contributed by atoms with van der Waals surface area (Å²) in [6.45, 7) is 2.45. The first kappa shape index (κ1) is 15.2. The Hall–Kier alpha value is -1.39. The van der Waals surface area contributed by atoms with Crippen molar-refractivity contribution >= 4 is 5.78 Å². The minimum atomic E-state index is -0.00348. The Labute approximate surface area is 137 Å². The number of carbonyl (C=O) groups excluding carboxylic acids is 1. The van der Waals surface area contributed by atoms with Crippen LogP contribution in [-0.2, 0) is 10.2 Å². The smallest absolute Gasteiger partial charge is 0.180 e. The summed E-state index contributed by atoms with van der Waals surface area (Å²) >= 11 is 0. The number of methoxy groups -OCH3 is 1. The number of aromatic hydroxyl groups is 1. The fourth-order valence-electron chi connectivity index (χ4n) is 5.37. The average Bonchev–Trinajstić information content (AvgIpc) is 2.58. The third kappa shape index (κ3) is 2.15. The topological polar surface area (TPSA) is 49.8 Å². The van der Waals surface area contributed by atoms with Crippen LogP contribution in [-0.4, -0.2) is 48.6 Å². The Balaban J connectivity index is 1.82. The summed E-state index contributed by atoms with van der Waals surface area (Å²) < 4.78 is 5.25. The van der Waals surface area contributed by atoms with Gasteiger partial charge in [-0.2, -0.15) is 0 Å². The van der Waals surface area contributed by atoms with E-state index in [1.807, 2.05) is 12.1 Å². The summed E-state index contributed by atoms with van der Waals surface area (Å²) in [5.74, 6) is 0.928. The Morgan fingerprint density at radius 3 is 3.04 bits per heavy atom. The van der Waals surface area contributed by atoms with E-state index in [2.05, 4.69) is 4.90 Å². The second-order valence-corrected chi connectivity index (χ2v) is 7.33. The van der Waals surface area contributed by atoms with Gasteiger partial charge in [0.1, 0.15) is 5.75 Å². The van der Waals surface area contributed by atoms with Crippen molar-refractivity contribution in [3.63, 3.8) is 0 Å². The van der Waals surface area contributed by atoms with E-state index in [9.17, 15) is 9.90 Å². The number of hydrogen-bond acceptors (Lipinski definition) is 4. The highest BCUT2D eigenvalue weighted by Gasteiger charge is 2.56. The van der Waals surface area contributed by atoms with E-state index in [4.69, 9.17) is 4.74 Å². The van der Waals surface area contributed by atoms with Crippen LogP contribution < -0.4 is 0 Å². The summed E-state index contributed by atoms with van der Waals surface area (Å²) in [7, 11) is 1.72. The quantitative estimate of drug-likeness (QED) is 0.932. The van der Waals surface area contributed by atoms with Gasteiger partial charge in [-0.05, 0) is 55.5 Å². The van der Waals surface area contributed by atoms with Crippen molar-refractivity contribution in [3.8, 4) is 5.75 Å². The second kappa shape index (κ2) is 5.60. The highest BCUT2D eigenvalue weighted by Crippen LogP contribution is 2.56. The maximum Gasteiger partial charge on any atom is 0.180 e. The molecule has 0 amide bonds. The normalized spacial score (nSPS) is 33.2. The molecular formula is C19H25NO3. The minimum Gasteiger partial charge on any atom is -0.508 e. The van der Waals surface area contributed by atoms with Gasteiger partial charge in [-0.15, -0.1) is 0 Å². The lowest BCUT2D eigenvalue weighted by Crippen LogP contribution is -2.63. The molecule has 2 fully saturated rings. The third-order valence-electron chi connectivity index (χ3n) is 6.37. The number of rotatable bonds is 3. The fraction of sp³-hybridized carbons (Fsp3) is 0.632. The Bertz CT molecular complexity index is 629. The van der Waals surface area contributed by atoms with Gasteiger partial charge in [0.25, 0.3) is 0 Å². The average molecular weight is 315 g/mol. The van der Waals surface area contributed by atoms with Crippen LogP contribution >= 0.6 is 0 Å². The molecule has 0 aromatic heterocycles. The molecule has 1 N–H and O–H groups in total. The van der Waals surface area contributed by atoms with Crippen molar-refractivity contribution in [2.45, 2.75) is 43.6 Å². The molecule has 2 bridgehead atoms. The molecule has 4 heteroatoms. The summed E-state index contributed by atoms with van der Waals surface area (Å²) in [5, 5.41) is 9.99. The van der Waals surface area contributed by atoms with Crippen molar-refractivity contribution < 1.29 is 14.6 Å². The molecule has 0 radical (unpaired) electrons. The molecule has 3 aliphatic rings. The lowest BCUT2D eigenvalue weighted by molar-refractivity contribution is -0.0108. The maximum atomic E-state index is 13.2. The molecule has 1 saturated heterocycles. The van der Waals surface area contributed by atoms with Crippen LogP contribution in [0.4, 0.5) is 0 Å². The fourth-order valence-corrected chi connectivity index (χ4v) is 5.37. The molecule has 1 aliphatic heterocycles. The molecule has 1 aromatic carbocycles. The molecule has 4 rings (SSSR count). The number of phenols is 1. The number of nitrogens with zero attached hydrogens (tertiary/aromatic N) is 1. The molecular weight excluding hydrogens is 290 g/mol. The first-order chi connectivity index (χ1) is 11.2. The lowest BCUT2D eigenvalue weighted by atomic mass is 9.52. The summed E-state index contributed by atoms with van der Waals surface area (Å²) in [5.41, 5.74) is 2.05. The monoisotopic (exact) mass is 315 g/mol. The van der Waals surface area contributed by atoms with Gasteiger partial charge >= 0.3 is 0 Å². The summed E-state index contributed by atoms with van der Waals surface area (Å²) in [6.07, 6.45) is 5.79. The highest BCUT2D eigenvalue weighted by atomic mass is 16.5. The van der Waals surface area contributed by atoms with Gasteiger partial charge in [0.2, 0.25) is 0 Å². The standard InChI is InChI=1S/C19H25NO3/c1-23-11-10-20-9-8-19-7-3-2-4-15(19)17(20)18(22)14-6-5-13(21)12-16(14)19/h5-6,12,15,17,21H,2-4,7-11H2,1H3/t15-,17+,19+/m0/s1. The predicted octanol–water partition coefficient (Wildman–Crippen LogP) is 2.74. The molecule has 0 spiro atoms. The van der Waals surface area contributed by atoms with Crippen LogP contribution in [0.15, 0.2) is 18.2 Å². The van der Waals surface area contributed by atoms with Crippen LogP contribution in [0.5, 0.6) is 5.75 Å². The Kier molecular flexibility index (Phi) is 3.69. The Morgan fingerprint density at radius 2 is 2.22 bits per heavy atom. The Morgan fingerprint density at radius 1 is 1.35 bits per heavy atom. The van der Waals surface area contributed by atoms with Gasteiger partial charge in [0.15, 0.2) is 5.78 Å². The molecule has 23 heavy (non-hydrogen) atoms.